The highest BCUT2D eigenvalue weighted by Crippen LogP contribution is 2.53. The number of benzene rings is 4. The van der Waals surface area contributed by atoms with Crippen molar-refractivity contribution in [2.45, 2.75) is 64.7 Å². The van der Waals surface area contributed by atoms with Crippen LogP contribution in [0.3, 0.4) is 0 Å². The molecule has 0 aliphatic heterocycles. The first-order chi connectivity index (χ1) is 17.7. The Bertz CT molecular complexity index is 1440. The third-order valence-electron chi connectivity index (χ3n) is 8.58. The third kappa shape index (κ3) is 4.05. The molecule has 36 heavy (non-hydrogen) atoms. The normalized spacial score (nSPS) is 19.2. The second-order valence-electron chi connectivity index (χ2n) is 12.0. The number of nitrogens with one attached hydrogen (secondary N) is 1. The number of hydrogen-bond donors (Lipinski definition) is 1. The average Bonchev–Trinajstić information content (AvgIpc) is 3.13. The summed E-state index contributed by atoms with van der Waals surface area (Å²) in [5, 5.41) is 3.77. The van der Waals surface area contributed by atoms with E-state index in [1.165, 1.54) is 33.4 Å². The molecule has 1 fully saturated rings. The van der Waals surface area contributed by atoms with E-state index in [0.29, 0.717) is 5.41 Å². The molecule has 0 aromatic heterocycles. The minimum atomic E-state index is -0.585. The fourth-order valence-electron chi connectivity index (χ4n) is 6.17. The number of fused-ring (bicyclic) bond motifs is 3. The first kappa shape index (κ1) is 21.9. The highest BCUT2D eigenvalue weighted by molar-refractivity contribution is 5.84. The summed E-state index contributed by atoms with van der Waals surface area (Å²) < 4.78 is 9.70. The van der Waals surface area contributed by atoms with Crippen LogP contribution in [0.1, 0.15) is 77.3 Å². The van der Waals surface area contributed by atoms with E-state index in [1.807, 2.05) is 0 Å². The van der Waals surface area contributed by atoms with Crippen molar-refractivity contribution in [1.29, 1.82) is 0 Å². The summed E-state index contributed by atoms with van der Waals surface area (Å²) in [6, 6.07) is 32.7. The van der Waals surface area contributed by atoms with Crippen LogP contribution in [-0.2, 0) is 5.41 Å². The van der Waals surface area contributed by atoms with Gasteiger partial charge in [-0.1, -0.05) is 94.4 Å². The van der Waals surface area contributed by atoms with Crippen molar-refractivity contribution < 1.29 is 1.37 Å². The molecule has 4 aromatic rings. The summed E-state index contributed by atoms with van der Waals surface area (Å²) in [7, 11) is 0. The molecule has 182 valence electrons. The zero-order valence-corrected chi connectivity index (χ0v) is 22.0. The SMILES string of the molecule is [2H]C1(c2cc3c(cc2Nc2ccc(-c4ccccc4)cc2)C(C)(C)c2ccccc2-3)CCC(C)(C)CC1. The molecule has 6 rings (SSSR count). The Balaban J connectivity index is 1.44. The second kappa shape index (κ2) is 8.66. The monoisotopic (exact) mass is 472 g/mol. The van der Waals surface area contributed by atoms with E-state index >= 15 is 0 Å². The van der Waals surface area contributed by atoms with Crippen LogP contribution in [0.4, 0.5) is 11.4 Å². The molecule has 0 unspecified atom stereocenters. The Morgan fingerprint density at radius 2 is 1.33 bits per heavy atom. The molecule has 2 aliphatic carbocycles. The fraction of sp³-hybridized carbons (Fsp3) is 0.314. The van der Waals surface area contributed by atoms with Gasteiger partial charge >= 0.3 is 0 Å². The molecule has 0 bridgehead atoms. The Hall–Kier alpha value is -3.32. The lowest BCUT2D eigenvalue weighted by Gasteiger charge is -2.35. The van der Waals surface area contributed by atoms with Gasteiger partial charge in [0.25, 0.3) is 0 Å². The predicted molar refractivity (Wildman–Crippen MR) is 154 cm³/mol. The summed E-state index contributed by atoms with van der Waals surface area (Å²) in [6.07, 6.45) is 3.96. The van der Waals surface area contributed by atoms with E-state index in [9.17, 15) is 1.37 Å². The minimum absolute atomic E-state index is 0.0677. The summed E-state index contributed by atoms with van der Waals surface area (Å²) in [4.78, 5) is 0. The highest BCUT2D eigenvalue weighted by Gasteiger charge is 2.37. The van der Waals surface area contributed by atoms with Crippen LogP contribution in [-0.4, -0.2) is 0 Å². The summed E-state index contributed by atoms with van der Waals surface area (Å²) in [6.45, 7) is 9.35. The number of hydrogen-bond acceptors (Lipinski definition) is 1. The summed E-state index contributed by atoms with van der Waals surface area (Å²) >= 11 is 0. The molecule has 0 saturated heterocycles. The smallest absolute Gasteiger partial charge is 0.0423 e. The molecule has 1 saturated carbocycles. The molecule has 4 aromatic carbocycles. The van der Waals surface area contributed by atoms with Gasteiger partial charge in [0, 0.05) is 18.2 Å². The number of anilines is 2. The Morgan fingerprint density at radius 1 is 0.694 bits per heavy atom. The molecule has 0 atom stereocenters. The molecule has 0 spiro atoms. The predicted octanol–water partition coefficient (Wildman–Crippen LogP) is 10.1. The molecule has 1 N–H and O–H groups in total. The fourth-order valence-corrected chi connectivity index (χ4v) is 6.17. The maximum atomic E-state index is 9.70. The van der Waals surface area contributed by atoms with Crippen LogP contribution < -0.4 is 5.32 Å². The molecular weight excluding hydrogens is 434 g/mol. The van der Waals surface area contributed by atoms with Gasteiger partial charge < -0.3 is 5.32 Å². The standard InChI is InChI=1S/C35H37N/c1-34(2)20-18-26(19-21-34)29-22-30-28-12-8-9-13-31(28)35(3,4)32(30)23-33(29)36-27-16-14-25(15-17-27)24-10-6-5-7-11-24/h5-17,22-23,26,36H,18-21H2,1-4H3/i26D. The van der Waals surface area contributed by atoms with Gasteiger partial charge in [-0.15, -0.1) is 0 Å². The van der Waals surface area contributed by atoms with Gasteiger partial charge in [0.2, 0.25) is 0 Å². The third-order valence-corrected chi connectivity index (χ3v) is 8.58. The number of rotatable bonds is 4. The van der Waals surface area contributed by atoms with Gasteiger partial charge in [-0.05, 0) is 100 Å². The first-order valence-corrected chi connectivity index (χ1v) is 13.4. The quantitative estimate of drug-likeness (QED) is 0.311. The molecule has 0 amide bonds. The van der Waals surface area contributed by atoms with Gasteiger partial charge in [0.05, 0.1) is 0 Å². The van der Waals surface area contributed by atoms with Crippen molar-refractivity contribution in [2.75, 3.05) is 5.32 Å². The maximum Gasteiger partial charge on any atom is 0.0423 e. The van der Waals surface area contributed by atoms with E-state index in [0.717, 1.165) is 42.6 Å². The van der Waals surface area contributed by atoms with Crippen molar-refractivity contribution in [3.63, 3.8) is 0 Å². The van der Waals surface area contributed by atoms with E-state index in [4.69, 9.17) is 0 Å². The van der Waals surface area contributed by atoms with Crippen LogP contribution in [0.25, 0.3) is 22.3 Å². The highest BCUT2D eigenvalue weighted by atomic mass is 14.9. The van der Waals surface area contributed by atoms with Gasteiger partial charge in [-0.3, -0.25) is 0 Å². The lowest BCUT2D eigenvalue weighted by Crippen LogP contribution is -2.21. The van der Waals surface area contributed by atoms with Gasteiger partial charge in [-0.25, -0.2) is 0 Å². The molecule has 0 heterocycles. The zero-order chi connectivity index (χ0) is 25.8. The molecule has 1 nitrogen and oxygen atoms in total. The molecular formula is C35H37N. The molecule has 2 aliphatic rings. The average molecular weight is 473 g/mol. The largest absolute Gasteiger partial charge is 0.355 e. The van der Waals surface area contributed by atoms with Crippen molar-refractivity contribution in [2.24, 2.45) is 5.41 Å². The summed E-state index contributed by atoms with van der Waals surface area (Å²) in [5.41, 5.74) is 11.3. The lowest BCUT2D eigenvalue weighted by atomic mass is 9.70. The van der Waals surface area contributed by atoms with Crippen molar-refractivity contribution in [1.82, 2.24) is 0 Å². The zero-order valence-electron chi connectivity index (χ0n) is 23.0. The van der Waals surface area contributed by atoms with E-state index < -0.39 is 5.89 Å². The van der Waals surface area contributed by atoms with Crippen LogP contribution >= 0.6 is 0 Å². The van der Waals surface area contributed by atoms with E-state index in [-0.39, 0.29) is 5.41 Å². The summed E-state index contributed by atoms with van der Waals surface area (Å²) in [5.74, 6) is -0.585. The van der Waals surface area contributed by atoms with Crippen LogP contribution in [0, 0.1) is 5.41 Å². The van der Waals surface area contributed by atoms with Crippen LogP contribution in [0.15, 0.2) is 91.0 Å². The second-order valence-corrected chi connectivity index (χ2v) is 12.0. The first-order valence-electron chi connectivity index (χ1n) is 13.9. The van der Waals surface area contributed by atoms with Crippen molar-refractivity contribution in [3.05, 3.63) is 108 Å². The van der Waals surface area contributed by atoms with Crippen LogP contribution in [0.5, 0.6) is 0 Å². The van der Waals surface area contributed by atoms with Gasteiger partial charge in [-0.2, -0.15) is 0 Å². The topological polar surface area (TPSA) is 12.0 Å². The molecule has 0 radical (unpaired) electrons. The van der Waals surface area contributed by atoms with Crippen molar-refractivity contribution >= 4 is 11.4 Å². The lowest BCUT2D eigenvalue weighted by molar-refractivity contribution is 0.225. The van der Waals surface area contributed by atoms with Crippen LogP contribution in [0.2, 0.25) is 0 Å². The van der Waals surface area contributed by atoms with E-state index in [1.54, 1.807) is 0 Å². The van der Waals surface area contributed by atoms with Crippen molar-refractivity contribution in [3.8, 4) is 22.3 Å². The van der Waals surface area contributed by atoms with E-state index in [2.05, 4.69) is 124 Å². The Morgan fingerprint density at radius 3 is 2.06 bits per heavy atom. The minimum Gasteiger partial charge on any atom is -0.355 e. The molecule has 1 heteroatoms. The maximum absolute atomic E-state index is 9.70. The van der Waals surface area contributed by atoms with Gasteiger partial charge in [0.15, 0.2) is 0 Å². The Labute approximate surface area is 218 Å². The van der Waals surface area contributed by atoms with Gasteiger partial charge in [0.1, 0.15) is 0 Å². The Kier molecular flexibility index (Phi) is 5.27.